The van der Waals surface area contributed by atoms with E-state index in [2.05, 4.69) is 27.5 Å². The molecule has 4 nitrogen and oxygen atoms in total. The van der Waals surface area contributed by atoms with Gasteiger partial charge in [0.15, 0.2) is 0 Å². The fraction of sp³-hybridized carbons (Fsp3) is 0.167. The van der Waals surface area contributed by atoms with E-state index in [1.165, 1.54) is 11.0 Å². The van der Waals surface area contributed by atoms with E-state index in [1.807, 2.05) is 0 Å². The van der Waals surface area contributed by atoms with Crippen molar-refractivity contribution in [3.63, 3.8) is 0 Å². The normalized spacial score (nSPS) is 19.0. The number of benzene rings is 1. The van der Waals surface area contributed by atoms with Crippen molar-refractivity contribution in [1.82, 2.24) is 4.90 Å². The molecule has 0 saturated carbocycles. The molecule has 2 amide bonds. The molecule has 0 radical (unpaired) electrons. The summed E-state index contributed by atoms with van der Waals surface area (Å²) in [6, 6.07) is 3.47. The summed E-state index contributed by atoms with van der Waals surface area (Å²) in [5, 5.41) is 0. The van der Waals surface area contributed by atoms with E-state index in [9.17, 15) is 9.18 Å². The molecule has 1 heterocycles. The van der Waals surface area contributed by atoms with E-state index in [4.69, 9.17) is 5.73 Å². The van der Waals surface area contributed by atoms with Gasteiger partial charge in [-0.15, -0.1) is 6.58 Å². The van der Waals surface area contributed by atoms with Crippen LogP contribution in [0.2, 0.25) is 0 Å². The Morgan fingerprint density at radius 2 is 2.33 bits per heavy atom. The van der Waals surface area contributed by atoms with Gasteiger partial charge in [-0.25, -0.2) is 9.18 Å². The zero-order valence-corrected chi connectivity index (χ0v) is 11.0. The van der Waals surface area contributed by atoms with Crippen LogP contribution in [0.5, 0.6) is 0 Å². The molecular formula is C12H11BrFN3O. The molecule has 1 unspecified atom stereocenters. The van der Waals surface area contributed by atoms with Crippen LogP contribution in [0.15, 0.2) is 40.3 Å². The highest BCUT2D eigenvalue weighted by molar-refractivity contribution is 9.10. The number of halogens is 2. The zero-order chi connectivity index (χ0) is 13.3. The minimum atomic E-state index is -0.663. The van der Waals surface area contributed by atoms with Crippen LogP contribution in [0, 0.1) is 5.82 Å². The Morgan fingerprint density at radius 3 is 2.94 bits per heavy atom. The van der Waals surface area contributed by atoms with Crippen molar-refractivity contribution in [3.05, 3.63) is 46.7 Å². The number of nitrogens with two attached hydrogens (primary N) is 1. The molecule has 1 atom stereocenters. The van der Waals surface area contributed by atoms with Gasteiger partial charge in [-0.3, -0.25) is 0 Å². The average molecular weight is 312 g/mol. The third-order valence-corrected chi connectivity index (χ3v) is 3.14. The van der Waals surface area contributed by atoms with Crippen molar-refractivity contribution >= 4 is 27.8 Å². The lowest BCUT2D eigenvalue weighted by atomic mass is 10.0. The van der Waals surface area contributed by atoms with Crippen LogP contribution in [0.25, 0.3) is 0 Å². The second-order valence-corrected chi connectivity index (χ2v) is 4.74. The van der Waals surface area contributed by atoms with Crippen LogP contribution >= 0.6 is 15.9 Å². The first-order valence-corrected chi connectivity index (χ1v) is 6.04. The maximum atomic E-state index is 13.9. The fourth-order valence-electron chi connectivity index (χ4n) is 1.88. The number of amidine groups is 1. The SMILES string of the molecule is C=CCN1C(=O)N=C(N)C1c1ccc(Br)cc1F. The van der Waals surface area contributed by atoms with Crippen LogP contribution in [0.1, 0.15) is 11.6 Å². The highest BCUT2D eigenvalue weighted by atomic mass is 79.9. The van der Waals surface area contributed by atoms with E-state index in [1.54, 1.807) is 18.2 Å². The first-order chi connectivity index (χ1) is 8.54. The van der Waals surface area contributed by atoms with Gasteiger partial charge in [0.25, 0.3) is 0 Å². The lowest BCUT2D eigenvalue weighted by Gasteiger charge is -2.23. The highest BCUT2D eigenvalue weighted by Crippen LogP contribution is 2.29. The van der Waals surface area contributed by atoms with Gasteiger partial charge in [-0.1, -0.05) is 28.1 Å². The molecular weight excluding hydrogens is 301 g/mol. The van der Waals surface area contributed by atoms with Crippen LogP contribution in [0.4, 0.5) is 9.18 Å². The Labute approximate surface area is 112 Å². The number of hydrogen-bond acceptors (Lipinski definition) is 2. The summed E-state index contributed by atoms with van der Waals surface area (Å²) in [6.45, 7) is 3.83. The number of hydrogen-bond donors (Lipinski definition) is 1. The topological polar surface area (TPSA) is 58.7 Å². The van der Waals surface area contributed by atoms with E-state index in [0.717, 1.165) is 0 Å². The van der Waals surface area contributed by atoms with E-state index < -0.39 is 17.9 Å². The number of rotatable bonds is 3. The predicted molar refractivity (Wildman–Crippen MR) is 70.8 cm³/mol. The third kappa shape index (κ3) is 2.15. The first kappa shape index (κ1) is 12.8. The van der Waals surface area contributed by atoms with E-state index in [-0.39, 0.29) is 12.4 Å². The number of carbonyl (C=O) groups is 1. The van der Waals surface area contributed by atoms with Crippen molar-refractivity contribution in [1.29, 1.82) is 0 Å². The van der Waals surface area contributed by atoms with Crippen molar-refractivity contribution in [2.75, 3.05) is 6.54 Å². The Bertz CT molecular complexity index is 544. The number of nitrogens with zero attached hydrogens (tertiary/aromatic N) is 2. The maximum absolute atomic E-state index is 13.9. The number of amides is 2. The number of urea groups is 1. The Kier molecular flexibility index (Phi) is 3.47. The molecule has 18 heavy (non-hydrogen) atoms. The van der Waals surface area contributed by atoms with Gasteiger partial charge >= 0.3 is 6.03 Å². The Hall–Kier alpha value is -1.69. The van der Waals surface area contributed by atoms with E-state index in [0.29, 0.717) is 10.0 Å². The van der Waals surface area contributed by atoms with Gasteiger partial charge in [0, 0.05) is 16.6 Å². The molecule has 0 spiro atoms. The summed E-state index contributed by atoms with van der Waals surface area (Å²) in [4.78, 5) is 16.7. The third-order valence-electron chi connectivity index (χ3n) is 2.65. The molecule has 0 aliphatic carbocycles. The van der Waals surface area contributed by atoms with Crippen LogP contribution in [-0.2, 0) is 0 Å². The molecule has 2 rings (SSSR count). The first-order valence-electron chi connectivity index (χ1n) is 5.25. The van der Waals surface area contributed by atoms with Crippen molar-refractivity contribution in [2.45, 2.75) is 6.04 Å². The molecule has 0 fully saturated rings. The molecule has 6 heteroatoms. The van der Waals surface area contributed by atoms with Gasteiger partial charge in [-0.2, -0.15) is 4.99 Å². The molecule has 1 aliphatic heterocycles. The minimum Gasteiger partial charge on any atom is -0.385 e. The summed E-state index contributed by atoms with van der Waals surface area (Å²) in [5.41, 5.74) is 6.03. The summed E-state index contributed by atoms with van der Waals surface area (Å²) in [5.74, 6) is -0.334. The zero-order valence-electron chi connectivity index (χ0n) is 9.44. The Morgan fingerprint density at radius 1 is 1.61 bits per heavy atom. The van der Waals surface area contributed by atoms with Crippen LogP contribution in [0.3, 0.4) is 0 Å². The molecule has 0 saturated heterocycles. The predicted octanol–water partition coefficient (Wildman–Crippen LogP) is 2.61. The molecule has 0 aromatic heterocycles. The van der Waals surface area contributed by atoms with Crippen molar-refractivity contribution in [2.24, 2.45) is 10.7 Å². The van der Waals surface area contributed by atoms with Gasteiger partial charge in [0.05, 0.1) is 0 Å². The van der Waals surface area contributed by atoms with Crippen molar-refractivity contribution in [3.8, 4) is 0 Å². The summed E-state index contributed by atoms with van der Waals surface area (Å²) >= 11 is 3.18. The standard InChI is InChI=1S/C12H11BrFN3O/c1-2-5-17-10(11(15)16-12(17)18)8-4-3-7(13)6-9(8)14/h2-4,6,10H,1,5H2,(H2,15,16,18). The minimum absolute atomic E-state index is 0.100. The van der Waals surface area contributed by atoms with Crippen LogP contribution in [-0.4, -0.2) is 23.3 Å². The number of aliphatic imine (C=N–C) groups is 1. The maximum Gasteiger partial charge on any atom is 0.346 e. The molecule has 1 aromatic rings. The molecule has 0 bridgehead atoms. The fourth-order valence-corrected chi connectivity index (χ4v) is 2.21. The van der Waals surface area contributed by atoms with Gasteiger partial charge in [0.1, 0.15) is 17.7 Å². The molecule has 1 aromatic carbocycles. The molecule has 94 valence electrons. The summed E-state index contributed by atoms with van der Waals surface area (Å²) < 4.78 is 14.5. The lowest BCUT2D eigenvalue weighted by Crippen LogP contribution is -2.34. The second-order valence-electron chi connectivity index (χ2n) is 3.83. The van der Waals surface area contributed by atoms with Gasteiger partial charge in [0.2, 0.25) is 0 Å². The van der Waals surface area contributed by atoms with Crippen LogP contribution < -0.4 is 5.73 Å². The number of carbonyl (C=O) groups excluding carboxylic acids is 1. The molecule has 2 N–H and O–H groups in total. The van der Waals surface area contributed by atoms with Gasteiger partial charge < -0.3 is 10.6 Å². The quantitative estimate of drug-likeness (QED) is 0.872. The lowest BCUT2D eigenvalue weighted by molar-refractivity contribution is 0.212. The smallest absolute Gasteiger partial charge is 0.346 e. The summed E-state index contributed by atoms with van der Waals surface area (Å²) in [6.07, 6.45) is 1.55. The highest BCUT2D eigenvalue weighted by Gasteiger charge is 2.35. The molecule has 1 aliphatic rings. The monoisotopic (exact) mass is 311 g/mol. The van der Waals surface area contributed by atoms with Crippen molar-refractivity contribution < 1.29 is 9.18 Å². The van der Waals surface area contributed by atoms with E-state index >= 15 is 0 Å². The summed E-state index contributed by atoms with van der Waals surface area (Å²) in [7, 11) is 0. The Balaban J connectivity index is 2.44. The largest absolute Gasteiger partial charge is 0.385 e. The van der Waals surface area contributed by atoms with Gasteiger partial charge in [-0.05, 0) is 12.1 Å². The average Bonchev–Trinajstić information content (AvgIpc) is 2.56. The second kappa shape index (κ2) is 4.89.